The van der Waals surface area contributed by atoms with Gasteiger partial charge in [0.1, 0.15) is 5.78 Å². The highest BCUT2D eigenvalue weighted by atomic mass is 32.1. The standard InChI is InChI=1S/C23H23N3O3.C18H18N4O3S.C14H21N3O4.C13H19N3O3/c1-2-6-20(21-15-19(13-14-24-21)23(28)26-29)25-22(27)18-11-9-17(10-12-18)16-7-4-3-5-8-16;1-10(2)15(16-19-8-12(9-20-16)17(23)22-25)21-18(24)14-7-11-5-3-4-6-13(11)26-14;1-9(5-11(18)8-17(2)3)12-6-10(13(19)16-20)7-15-14(12)21-4;1-8(15-12(18)13(2,3)4)10-6-5-9(7-14-10)11(17)16-19/h3-5,7-15,20,29H,2,6H2,1H3,(H,25,27)(H,26,28);3-10,15,25H,1-2H3,(H,21,24)(H,22,23);6-7,9,20H,5,8H2,1-4H3,(H,16,19);5-8,19H,1-4H3,(H,15,18)(H,16,17)/t20-;15-;9-;8-/m0010/s1. The van der Waals surface area contributed by atoms with Crippen LogP contribution in [-0.2, 0) is 9.59 Å². The monoisotopic (exact) mass is 1320 g/mol. The van der Waals surface area contributed by atoms with Gasteiger partial charge in [-0.05, 0) is 110 Å². The number of ether oxygens (including phenoxy) is 1. The lowest BCUT2D eigenvalue weighted by atomic mass is 9.95. The van der Waals surface area contributed by atoms with Crippen LogP contribution in [0.15, 0.2) is 146 Å². The third kappa shape index (κ3) is 22.8. The zero-order valence-corrected chi connectivity index (χ0v) is 55.4. The summed E-state index contributed by atoms with van der Waals surface area (Å²) in [4.78, 5) is 118. The maximum Gasteiger partial charge on any atom is 0.277 e. The van der Waals surface area contributed by atoms with Gasteiger partial charge in [-0.1, -0.05) is 116 Å². The molecule has 0 aliphatic carbocycles. The molecule has 95 heavy (non-hydrogen) atoms. The fourth-order valence-corrected chi connectivity index (χ4v) is 9.99. The number of carbonyl (C=O) groups excluding carboxylic acids is 8. The van der Waals surface area contributed by atoms with Crippen LogP contribution >= 0.6 is 11.3 Å². The van der Waals surface area contributed by atoms with Crippen molar-refractivity contribution >= 4 is 68.6 Å². The molecule has 0 spiro atoms. The Bertz CT molecular complexity index is 3830. The Balaban J connectivity index is 0.000000233. The number of aromatic nitrogens is 5. The van der Waals surface area contributed by atoms with E-state index >= 15 is 0 Å². The molecule has 11 N–H and O–H groups in total. The quantitative estimate of drug-likeness (QED) is 0.0222. The highest BCUT2D eigenvalue weighted by Gasteiger charge is 2.26. The van der Waals surface area contributed by atoms with Crippen LogP contribution in [0.3, 0.4) is 0 Å². The molecule has 5 heterocycles. The SMILES string of the molecule is CC(C)[C@H](NC(=O)c1cc2ccccc2s1)c1ncc(C(=O)NO)cn1.CCC[C@H](NC(=O)c1ccc(-c2ccccc2)cc1)c1cc(C(=O)NO)ccn1.COc1ncc(C(=O)NO)cc1[C@H](C)CC(=O)CN(C)C.C[C@H](NC(=O)C(C)(C)C)c1ccc(C(=O)NO)cn1. The van der Waals surface area contributed by atoms with Crippen molar-refractivity contribution in [3.8, 4) is 17.0 Å². The molecule has 8 aromatic rings. The Morgan fingerprint density at radius 1 is 0.568 bits per heavy atom. The molecular weight excluding hydrogens is 1240 g/mol. The van der Waals surface area contributed by atoms with Crippen LogP contribution in [0, 0.1) is 11.3 Å². The predicted molar refractivity (Wildman–Crippen MR) is 355 cm³/mol. The molecule has 0 saturated carbocycles. The van der Waals surface area contributed by atoms with Gasteiger partial charge in [0.05, 0.1) is 64.7 Å². The lowest BCUT2D eigenvalue weighted by Crippen LogP contribution is -2.36. The number of hydroxylamine groups is 4. The summed E-state index contributed by atoms with van der Waals surface area (Å²) >= 11 is 1.43. The Morgan fingerprint density at radius 3 is 1.71 bits per heavy atom. The summed E-state index contributed by atoms with van der Waals surface area (Å²) in [5.41, 5.74) is 11.2. The number of thiophene rings is 1. The van der Waals surface area contributed by atoms with Crippen LogP contribution < -0.4 is 42.6 Å². The maximum absolute atomic E-state index is 12.8. The van der Waals surface area contributed by atoms with Crippen molar-refractivity contribution in [3.05, 3.63) is 202 Å². The van der Waals surface area contributed by atoms with Gasteiger partial charge in [-0.15, -0.1) is 11.3 Å². The zero-order valence-electron chi connectivity index (χ0n) is 54.6. The van der Waals surface area contributed by atoms with Crippen molar-refractivity contribution in [2.24, 2.45) is 11.3 Å². The minimum Gasteiger partial charge on any atom is -0.481 e. The summed E-state index contributed by atoms with van der Waals surface area (Å²) in [7, 11) is 5.14. The van der Waals surface area contributed by atoms with Crippen LogP contribution in [0.25, 0.3) is 21.2 Å². The van der Waals surface area contributed by atoms with E-state index in [9.17, 15) is 38.4 Å². The van der Waals surface area contributed by atoms with Crippen molar-refractivity contribution in [2.75, 3.05) is 27.7 Å². The topological polar surface area (TPSA) is 379 Å². The number of amides is 7. The molecule has 27 heteroatoms. The number of benzene rings is 3. The molecule has 7 amide bonds. The van der Waals surface area contributed by atoms with Crippen molar-refractivity contribution in [2.45, 2.75) is 98.7 Å². The van der Waals surface area contributed by atoms with E-state index < -0.39 is 35.1 Å². The maximum atomic E-state index is 12.8. The average Bonchev–Trinajstić information content (AvgIpc) is 1.38. The van der Waals surface area contributed by atoms with E-state index in [1.807, 2.05) is 142 Å². The van der Waals surface area contributed by atoms with E-state index in [2.05, 4.69) is 40.9 Å². The number of ketones is 1. The molecule has 5 aromatic heterocycles. The number of nitrogens with one attached hydrogen (secondary N) is 7. The van der Waals surface area contributed by atoms with E-state index in [0.29, 0.717) is 58.5 Å². The molecule has 26 nitrogen and oxygen atoms in total. The molecule has 0 unspecified atom stereocenters. The number of fused-ring (bicyclic) bond motifs is 1. The summed E-state index contributed by atoms with van der Waals surface area (Å²) in [6.07, 6.45) is 8.59. The Morgan fingerprint density at radius 2 is 1.14 bits per heavy atom. The first-order valence-electron chi connectivity index (χ1n) is 30.0. The van der Waals surface area contributed by atoms with Crippen LogP contribution in [-0.4, -0.2) is 126 Å². The average molecular weight is 1320 g/mol. The minimum absolute atomic E-state index is 0.0471. The normalized spacial score (nSPS) is 12.1. The fraction of sp³-hybridized carbons (Fsp3) is 0.309. The molecular formula is C68H81N13O13S. The molecule has 8 rings (SSSR count). The highest BCUT2D eigenvalue weighted by molar-refractivity contribution is 7.20. The molecule has 0 aliphatic rings. The van der Waals surface area contributed by atoms with Gasteiger partial charge in [-0.2, -0.15) is 0 Å². The summed E-state index contributed by atoms with van der Waals surface area (Å²) in [5, 5.41) is 44.5. The number of nitrogens with zero attached hydrogens (tertiary/aromatic N) is 6. The summed E-state index contributed by atoms with van der Waals surface area (Å²) in [6, 6.07) is 33.9. The molecule has 0 fully saturated rings. The molecule has 0 bridgehead atoms. The van der Waals surface area contributed by atoms with Crippen molar-refractivity contribution in [1.82, 2.24) is 67.7 Å². The van der Waals surface area contributed by atoms with Gasteiger partial charge in [0, 0.05) is 64.2 Å². The van der Waals surface area contributed by atoms with Crippen LogP contribution in [0.5, 0.6) is 5.88 Å². The number of pyridine rings is 3. The van der Waals surface area contributed by atoms with Gasteiger partial charge in [0.2, 0.25) is 11.8 Å². The summed E-state index contributed by atoms with van der Waals surface area (Å²) < 4.78 is 6.22. The molecule has 3 aromatic carbocycles. The van der Waals surface area contributed by atoms with E-state index in [1.165, 1.54) is 72.5 Å². The fourth-order valence-electron chi connectivity index (χ4n) is 9.03. The first-order chi connectivity index (χ1) is 45.2. The van der Waals surface area contributed by atoms with Gasteiger partial charge >= 0.3 is 0 Å². The van der Waals surface area contributed by atoms with E-state index in [4.69, 9.17) is 25.6 Å². The molecule has 0 radical (unpaired) electrons. The smallest absolute Gasteiger partial charge is 0.277 e. The van der Waals surface area contributed by atoms with E-state index in [1.54, 1.807) is 46.2 Å². The number of carbonyl (C=O) groups is 8. The highest BCUT2D eigenvalue weighted by Crippen LogP contribution is 2.30. The van der Waals surface area contributed by atoms with Crippen LogP contribution in [0.4, 0.5) is 0 Å². The van der Waals surface area contributed by atoms with Gasteiger partial charge in [-0.3, -0.25) is 69.2 Å². The van der Waals surface area contributed by atoms with Crippen molar-refractivity contribution in [3.63, 3.8) is 0 Å². The second-order valence-corrected chi connectivity index (χ2v) is 24.4. The number of rotatable bonds is 22. The van der Waals surface area contributed by atoms with Crippen molar-refractivity contribution < 1.29 is 63.9 Å². The Labute approximate surface area is 554 Å². The predicted octanol–water partition coefficient (Wildman–Crippen LogP) is 9.33. The van der Waals surface area contributed by atoms with Gasteiger partial charge in [0.15, 0.2) is 5.82 Å². The lowest BCUT2D eigenvalue weighted by Gasteiger charge is -2.21. The minimum atomic E-state index is -0.688. The van der Waals surface area contributed by atoms with Gasteiger partial charge in [0.25, 0.3) is 35.4 Å². The number of hydrogen-bond acceptors (Lipinski definition) is 20. The number of Topliss-reactive ketones (excluding diaryl/α,β-unsaturated/α-hetero) is 1. The molecule has 0 aliphatic heterocycles. The summed E-state index contributed by atoms with van der Waals surface area (Å²) in [5.74, 6) is -2.28. The van der Waals surface area contributed by atoms with Crippen LogP contribution in [0.2, 0.25) is 0 Å². The van der Waals surface area contributed by atoms with Gasteiger partial charge < -0.3 is 25.6 Å². The molecule has 502 valence electrons. The van der Waals surface area contributed by atoms with Crippen molar-refractivity contribution in [1.29, 1.82) is 0 Å². The van der Waals surface area contributed by atoms with E-state index in [0.717, 1.165) is 27.6 Å². The number of methoxy groups -OCH3 is 1. The molecule has 4 atom stereocenters. The largest absolute Gasteiger partial charge is 0.481 e. The first-order valence-corrected chi connectivity index (χ1v) is 30.9. The second-order valence-electron chi connectivity index (χ2n) is 23.3. The Kier molecular flexibility index (Phi) is 29.2. The lowest BCUT2D eigenvalue weighted by molar-refractivity contribution is -0.129. The zero-order chi connectivity index (χ0) is 69.9. The van der Waals surface area contributed by atoms with Crippen LogP contribution in [0.1, 0.15) is 183 Å². The summed E-state index contributed by atoms with van der Waals surface area (Å²) in [6.45, 7) is 15.5. The second kappa shape index (κ2) is 36.8. The Hall–Kier alpha value is -10.3. The molecule has 0 saturated heterocycles. The van der Waals surface area contributed by atoms with E-state index in [-0.39, 0.29) is 69.7 Å². The number of hydrogen-bond donors (Lipinski definition) is 11. The van der Waals surface area contributed by atoms with Gasteiger partial charge in [-0.25, -0.2) is 36.9 Å². The first kappa shape index (κ1) is 75.4. The third-order valence-corrected chi connectivity index (χ3v) is 15.3. The third-order valence-electron chi connectivity index (χ3n) is 14.2. The number of likely N-dealkylation sites (N-methyl/N-ethyl adjacent to an activating group) is 1.